The maximum atomic E-state index is 12.8. The Balaban J connectivity index is 1.52. The topological polar surface area (TPSA) is 88.2 Å². The molecule has 1 atom stereocenters. The largest absolute Gasteiger partial charge is 0.441 e. The quantitative estimate of drug-likeness (QED) is 0.738. The number of rotatable bonds is 5. The van der Waals surface area contributed by atoms with E-state index in [-0.39, 0.29) is 24.0 Å². The summed E-state index contributed by atoms with van der Waals surface area (Å²) in [5.74, 6) is 0.719. The predicted octanol–water partition coefficient (Wildman–Crippen LogP) is 2.64. The number of nitrogens with one attached hydrogen (secondary N) is 1. The van der Waals surface area contributed by atoms with Gasteiger partial charge in [-0.3, -0.25) is 9.78 Å². The van der Waals surface area contributed by atoms with E-state index in [1.54, 1.807) is 37.5 Å². The summed E-state index contributed by atoms with van der Waals surface area (Å²) in [5.41, 5.74) is 3.02. The SMILES string of the molecule is Cc1nc2ccc(C(=O)N[C@H](Cc3ccncc3)C3CC(O)C3)cc2o1. The van der Waals surface area contributed by atoms with Crippen molar-refractivity contribution in [2.75, 3.05) is 0 Å². The lowest BCUT2D eigenvalue weighted by molar-refractivity contribution is 0.0239. The number of nitrogens with zero attached hydrogens (tertiary/aromatic N) is 2. The molecule has 2 heterocycles. The fraction of sp³-hybridized carbons (Fsp3) is 0.350. The molecular weight excluding hydrogens is 330 g/mol. The van der Waals surface area contributed by atoms with Crippen LogP contribution >= 0.6 is 0 Å². The first-order chi connectivity index (χ1) is 12.6. The summed E-state index contributed by atoms with van der Waals surface area (Å²) in [6.07, 6.45) is 5.40. The van der Waals surface area contributed by atoms with Crippen molar-refractivity contribution in [1.82, 2.24) is 15.3 Å². The number of carbonyl (C=O) groups is 1. The van der Waals surface area contributed by atoms with Gasteiger partial charge in [0.15, 0.2) is 11.5 Å². The summed E-state index contributed by atoms with van der Waals surface area (Å²) in [6, 6.07) is 9.17. The van der Waals surface area contributed by atoms with E-state index in [0.29, 0.717) is 17.0 Å². The van der Waals surface area contributed by atoms with Gasteiger partial charge >= 0.3 is 0 Å². The summed E-state index contributed by atoms with van der Waals surface area (Å²) in [6.45, 7) is 1.78. The number of hydrogen-bond donors (Lipinski definition) is 2. The normalized spacial score (nSPS) is 20.5. The van der Waals surface area contributed by atoms with Gasteiger partial charge in [-0.1, -0.05) is 0 Å². The number of aryl methyl sites for hydroxylation is 1. The van der Waals surface area contributed by atoms with Crippen molar-refractivity contribution < 1.29 is 14.3 Å². The van der Waals surface area contributed by atoms with Crippen LogP contribution in [0.15, 0.2) is 47.1 Å². The molecule has 0 aliphatic heterocycles. The molecule has 0 spiro atoms. The standard InChI is InChI=1S/C20H21N3O3/c1-12-22-17-3-2-14(11-19(17)26-12)20(25)23-18(15-9-16(24)10-15)8-13-4-6-21-7-5-13/h2-7,11,15-16,18,24H,8-10H2,1H3,(H,23,25)/t15?,16?,18-/m1/s1. The molecule has 0 saturated heterocycles. The number of oxazole rings is 1. The number of amides is 1. The van der Waals surface area contributed by atoms with Gasteiger partial charge in [0.1, 0.15) is 5.52 Å². The van der Waals surface area contributed by atoms with E-state index in [9.17, 15) is 9.90 Å². The van der Waals surface area contributed by atoms with Crippen molar-refractivity contribution in [2.45, 2.75) is 38.3 Å². The Morgan fingerprint density at radius 3 is 2.81 bits per heavy atom. The maximum absolute atomic E-state index is 12.8. The Bertz CT molecular complexity index is 916. The highest BCUT2D eigenvalue weighted by atomic mass is 16.3. The van der Waals surface area contributed by atoms with Crippen LogP contribution in [0, 0.1) is 12.8 Å². The molecule has 1 saturated carbocycles. The van der Waals surface area contributed by atoms with E-state index in [0.717, 1.165) is 30.3 Å². The molecule has 134 valence electrons. The Hall–Kier alpha value is -2.73. The predicted molar refractivity (Wildman–Crippen MR) is 96.7 cm³/mol. The zero-order valence-corrected chi connectivity index (χ0v) is 14.6. The minimum Gasteiger partial charge on any atom is -0.441 e. The van der Waals surface area contributed by atoms with Crippen molar-refractivity contribution >= 4 is 17.0 Å². The third-order valence-electron chi connectivity index (χ3n) is 5.00. The molecule has 1 aliphatic carbocycles. The first-order valence-corrected chi connectivity index (χ1v) is 8.83. The van der Waals surface area contributed by atoms with Crippen LogP contribution in [0.1, 0.15) is 34.7 Å². The van der Waals surface area contributed by atoms with E-state index in [4.69, 9.17) is 4.42 Å². The van der Waals surface area contributed by atoms with Gasteiger partial charge in [0.25, 0.3) is 5.91 Å². The molecule has 0 radical (unpaired) electrons. The summed E-state index contributed by atoms with van der Waals surface area (Å²) < 4.78 is 5.52. The molecule has 1 aliphatic rings. The van der Waals surface area contributed by atoms with Gasteiger partial charge in [-0.05, 0) is 61.1 Å². The third-order valence-corrected chi connectivity index (χ3v) is 5.00. The average molecular weight is 351 g/mol. The number of aliphatic hydroxyl groups is 1. The van der Waals surface area contributed by atoms with Crippen LogP contribution in [-0.2, 0) is 6.42 Å². The second-order valence-corrected chi connectivity index (χ2v) is 6.94. The van der Waals surface area contributed by atoms with Crippen LogP contribution in [0.25, 0.3) is 11.1 Å². The van der Waals surface area contributed by atoms with Crippen molar-refractivity contribution in [3.8, 4) is 0 Å². The minimum atomic E-state index is -0.259. The Morgan fingerprint density at radius 2 is 2.08 bits per heavy atom. The van der Waals surface area contributed by atoms with Crippen molar-refractivity contribution in [3.63, 3.8) is 0 Å². The van der Waals surface area contributed by atoms with E-state index in [1.165, 1.54) is 0 Å². The van der Waals surface area contributed by atoms with Crippen LogP contribution in [0.3, 0.4) is 0 Å². The van der Waals surface area contributed by atoms with Crippen LogP contribution < -0.4 is 5.32 Å². The average Bonchev–Trinajstić information content (AvgIpc) is 2.98. The highest BCUT2D eigenvalue weighted by Gasteiger charge is 2.35. The van der Waals surface area contributed by atoms with Crippen molar-refractivity contribution in [1.29, 1.82) is 0 Å². The van der Waals surface area contributed by atoms with Gasteiger partial charge < -0.3 is 14.8 Å². The molecule has 6 nitrogen and oxygen atoms in total. The molecule has 6 heteroatoms. The second kappa shape index (κ2) is 6.88. The highest BCUT2D eigenvalue weighted by molar-refractivity contribution is 5.97. The van der Waals surface area contributed by atoms with Gasteiger partial charge in [0.2, 0.25) is 0 Å². The molecule has 2 N–H and O–H groups in total. The van der Waals surface area contributed by atoms with E-state index >= 15 is 0 Å². The smallest absolute Gasteiger partial charge is 0.251 e. The van der Waals surface area contributed by atoms with Crippen LogP contribution in [-0.4, -0.2) is 33.1 Å². The van der Waals surface area contributed by atoms with Crippen LogP contribution in [0.4, 0.5) is 0 Å². The molecule has 26 heavy (non-hydrogen) atoms. The Labute approximate surface area is 151 Å². The van der Waals surface area contributed by atoms with Gasteiger partial charge in [-0.15, -0.1) is 0 Å². The van der Waals surface area contributed by atoms with E-state index in [2.05, 4.69) is 15.3 Å². The fourth-order valence-electron chi connectivity index (χ4n) is 3.50. The van der Waals surface area contributed by atoms with Crippen LogP contribution in [0.5, 0.6) is 0 Å². The number of benzene rings is 1. The molecule has 3 aromatic rings. The molecular formula is C20H21N3O3. The third kappa shape index (κ3) is 3.46. The number of fused-ring (bicyclic) bond motifs is 1. The van der Waals surface area contributed by atoms with Gasteiger partial charge in [-0.2, -0.15) is 0 Å². The van der Waals surface area contributed by atoms with Crippen molar-refractivity contribution in [3.05, 3.63) is 59.7 Å². The lowest BCUT2D eigenvalue weighted by Crippen LogP contribution is -2.48. The lowest BCUT2D eigenvalue weighted by Gasteiger charge is -2.38. The van der Waals surface area contributed by atoms with Gasteiger partial charge in [0, 0.05) is 30.9 Å². The Kier molecular flexibility index (Phi) is 4.42. The summed E-state index contributed by atoms with van der Waals surface area (Å²) in [4.78, 5) is 21.1. The summed E-state index contributed by atoms with van der Waals surface area (Å²) in [7, 11) is 0. The number of pyridine rings is 1. The maximum Gasteiger partial charge on any atom is 0.251 e. The van der Waals surface area contributed by atoms with Crippen LogP contribution in [0.2, 0.25) is 0 Å². The summed E-state index contributed by atoms with van der Waals surface area (Å²) in [5, 5.41) is 12.8. The minimum absolute atomic E-state index is 0.0274. The van der Waals surface area contributed by atoms with Crippen molar-refractivity contribution in [2.24, 2.45) is 5.92 Å². The number of aromatic nitrogens is 2. The van der Waals surface area contributed by atoms with E-state index < -0.39 is 0 Å². The van der Waals surface area contributed by atoms with Gasteiger partial charge in [0.05, 0.1) is 6.10 Å². The Morgan fingerprint density at radius 1 is 1.31 bits per heavy atom. The number of carbonyl (C=O) groups excluding carboxylic acids is 1. The monoisotopic (exact) mass is 351 g/mol. The zero-order valence-electron chi connectivity index (χ0n) is 14.6. The molecule has 2 aromatic heterocycles. The molecule has 1 aromatic carbocycles. The number of hydrogen-bond acceptors (Lipinski definition) is 5. The summed E-state index contributed by atoms with van der Waals surface area (Å²) >= 11 is 0. The molecule has 1 fully saturated rings. The van der Waals surface area contributed by atoms with Gasteiger partial charge in [-0.25, -0.2) is 4.98 Å². The first kappa shape index (κ1) is 16.7. The highest BCUT2D eigenvalue weighted by Crippen LogP contribution is 2.32. The molecule has 0 bridgehead atoms. The second-order valence-electron chi connectivity index (χ2n) is 6.94. The van der Waals surface area contributed by atoms with E-state index in [1.807, 2.05) is 12.1 Å². The molecule has 1 amide bonds. The lowest BCUT2D eigenvalue weighted by atomic mass is 9.75. The first-order valence-electron chi connectivity index (χ1n) is 8.83. The molecule has 0 unspecified atom stereocenters. The fourth-order valence-corrected chi connectivity index (χ4v) is 3.50. The number of aliphatic hydroxyl groups excluding tert-OH is 1. The molecule has 4 rings (SSSR count). The zero-order chi connectivity index (χ0) is 18.1.